The van der Waals surface area contributed by atoms with Crippen molar-refractivity contribution in [3.63, 3.8) is 0 Å². The number of rotatable bonds is 4. The van der Waals surface area contributed by atoms with Crippen molar-refractivity contribution in [3.05, 3.63) is 23.8 Å². The molecule has 2 nitrogen and oxygen atoms in total. The molecule has 0 unspecified atom stereocenters. The number of aryl methyl sites for hydroxylation is 1. The topological polar surface area (TPSA) is 6.48 Å². The van der Waals surface area contributed by atoms with Crippen LogP contribution in [-0.2, 0) is 0 Å². The molecule has 0 aliphatic heterocycles. The molecule has 0 aliphatic rings. The third-order valence-corrected chi connectivity index (χ3v) is 2.72. The van der Waals surface area contributed by atoms with E-state index in [-0.39, 0.29) is 0 Å². The fourth-order valence-corrected chi connectivity index (χ4v) is 1.83. The van der Waals surface area contributed by atoms with Gasteiger partial charge in [-0.2, -0.15) is 0 Å². The van der Waals surface area contributed by atoms with Crippen LogP contribution < -0.4 is 9.80 Å². The number of anilines is 2. The first-order valence-electron chi connectivity index (χ1n) is 5.63. The quantitative estimate of drug-likeness (QED) is 0.747. The summed E-state index contributed by atoms with van der Waals surface area (Å²) in [7, 11) is 4.19. The van der Waals surface area contributed by atoms with E-state index in [1.165, 1.54) is 16.9 Å². The average Bonchev–Trinajstić information content (AvgIpc) is 2.19. The summed E-state index contributed by atoms with van der Waals surface area (Å²) in [5.74, 6) is 0. The Balaban J connectivity index is 3.16. The molecule has 0 N–H and O–H groups in total. The molecule has 1 rings (SSSR count). The van der Waals surface area contributed by atoms with E-state index in [4.69, 9.17) is 0 Å². The Morgan fingerprint density at radius 1 is 1.00 bits per heavy atom. The Labute approximate surface area is 93.5 Å². The van der Waals surface area contributed by atoms with Crippen LogP contribution >= 0.6 is 0 Å². The summed E-state index contributed by atoms with van der Waals surface area (Å²) in [4.78, 5) is 4.56. The van der Waals surface area contributed by atoms with Gasteiger partial charge in [0.1, 0.15) is 0 Å². The summed E-state index contributed by atoms with van der Waals surface area (Å²) in [6.45, 7) is 8.66. The third kappa shape index (κ3) is 2.65. The van der Waals surface area contributed by atoms with Gasteiger partial charge in [0.15, 0.2) is 0 Å². The van der Waals surface area contributed by atoms with Crippen LogP contribution in [0.3, 0.4) is 0 Å². The highest BCUT2D eigenvalue weighted by Gasteiger charge is 2.09. The third-order valence-electron chi connectivity index (χ3n) is 2.72. The first-order chi connectivity index (χ1) is 7.10. The monoisotopic (exact) mass is 206 g/mol. The zero-order valence-electron chi connectivity index (χ0n) is 10.5. The molecule has 0 atom stereocenters. The van der Waals surface area contributed by atoms with Crippen LogP contribution in [0.25, 0.3) is 0 Å². The first-order valence-corrected chi connectivity index (χ1v) is 5.63. The maximum atomic E-state index is 2.39. The van der Waals surface area contributed by atoms with Gasteiger partial charge in [-0.15, -0.1) is 0 Å². The number of benzene rings is 1. The van der Waals surface area contributed by atoms with Crippen LogP contribution in [0, 0.1) is 6.92 Å². The van der Waals surface area contributed by atoms with Gasteiger partial charge in [-0.05, 0) is 38.5 Å². The maximum absolute atomic E-state index is 2.39. The summed E-state index contributed by atoms with van der Waals surface area (Å²) in [5, 5.41) is 0. The van der Waals surface area contributed by atoms with Crippen LogP contribution in [0.15, 0.2) is 18.2 Å². The molecule has 0 heterocycles. The van der Waals surface area contributed by atoms with Crippen LogP contribution in [0.5, 0.6) is 0 Å². The normalized spacial score (nSPS) is 10.2. The van der Waals surface area contributed by atoms with E-state index in [1.54, 1.807) is 0 Å². The molecule has 15 heavy (non-hydrogen) atoms. The minimum atomic E-state index is 1.06. The van der Waals surface area contributed by atoms with Gasteiger partial charge in [0, 0.05) is 27.2 Å². The summed E-state index contributed by atoms with van der Waals surface area (Å²) in [5.41, 5.74) is 3.96. The minimum absolute atomic E-state index is 1.06. The minimum Gasteiger partial charge on any atom is -0.376 e. The van der Waals surface area contributed by atoms with Gasteiger partial charge >= 0.3 is 0 Å². The molecule has 0 spiro atoms. The molecule has 0 bridgehead atoms. The summed E-state index contributed by atoms with van der Waals surface area (Å²) in [6.07, 6.45) is 0. The highest BCUT2D eigenvalue weighted by Crippen LogP contribution is 2.28. The molecule has 0 saturated heterocycles. The molecule has 0 aromatic heterocycles. The highest BCUT2D eigenvalue weighted by molar-refractivity contribution is 5.71. The van der Waals surface area contributed by atoms with Crippen molar-refractivity contribution < 1.29 is 0 Å². The zero-order valence-corrected chi connectivity index (χ0v) is 10.5. The van der Waals surface area contributed by atoms with Gasteiger partial charge in [-0.25, -0.2) is 0 Å². The van der Waals surface area contributed by atoms with Crippen molar-refractivity contribution in [1.29, 1.82) is 0 Å². The summed E-state index contributed by atoms with van der Waals surface area (Å²) in [6, 6.07) is 6.63. The van der Waals surface area contributed by atoms with E-state index in [1.807, 2.05) is 0 Å². The SMILES string of the molecule is CCN(CC)c1cc(C)ccc1N(C)C. The van der Waals surface area contributed by atoms with Crippen molar-refractivity contribution in [1.82, 2.24) is 0 Å². The lowest BCUT2D eigenvalue weighted by molar-refractivity contribution is 0.862. The Bertz CT molecular complexity index is 314. The zero-order chi connectivity index (χ0) is 11.4. The molecular formula is C13H22N2. The number of hydrogen-bond donors (Lipinski definition) is 0. The predicted molar refractivity (Wildman–Crippen MR) is 69.1 cm³/mol. The largest absolute Gasteiger partial charge is 0.376 e. The van der Waals surface area contributed by atoms with Gasteiger partial charge in [0.05, 0.1) is 11.4 Å². The van der Waals surface area contributed by atoms with E-state index >= 15 is 0 Å². The Hall–Kier alpha value is -1.18. The second-order valence-electron chi connectivity index (χ2n) is 4.06. The number of hydrogen-bond acceptors (Lipinski definition) is 2. The molecule has 2 heteroatoms. The van der Waals surface area contributed by atoms with Crippen molar-refractivity contribution >= 4 is 11.4 Å². The van der Waals surface area contributed by atoms with Crippen LogP contribution in [-0.4, -0.2) is 27.2 Å². The van der Waals surface area contributed by atoms with Crippen LogP contribution in [0.2, 0.25) is 0 Å². The Morgan fingerprint density at radius 2 is 1.60 bits per heavy atom. The Morgan fingerprint density at radius 3 is 2.07 bits per heavy atom. The molecule has 0 amide bonds. The van der Waals surface area contributed by atoms with Crippen molar-refractivity contribution in [2.24, 2.45) is 0 Å². The predicted octanol–water partition coefficient (Wildman–Crippen LogP) is 2.91. The first kappa shape index (κ1) is 11.9. The molecule has 84 valence electrons. The van der Waals surface area contributed by atoms with Gasteiger partial charge < -0.3 is 9.80 Å². The molecular weight excluding hydrogens is 184 g/mol. The lowest BCUT2D eigenvalue weighted by Crippen LogP contribution is -2.24. The standard InChI is InChI=1S/C13H22N2/c1-6-15(7-2)13-10-11(3)8-9-12(13)14(4)5/h8-10H,6-7H2,1-5H3. The molecule has 0 saturated carbocycles. The van der Waals surface area contributed by atoms with E-state index in [0.717, 1.165) is 13.1 Å². The molecule has 0 fully saturated rings. The number of nitrogens with zero attached hydrogens (tertiary/aromatic N) is 2. The van der Waals surface area contributed by atoms with E-state index in [0.29, 0.717) is 0 Å². The van der Waals surface area contributed by atoms with Crippen molar-refractivity contribution in [3.8, 4) is 0 Å². The fraction of sp³-hybridized carbons (Fsp3) is 0.538. The molecule has 0 aliphatic carbocycles. The van der Waals surface area contributed by atoms with Gasteiger partial charge in [-0.3, -0.25) is 0 Å². The maximum Gasteiger partial charge on any atom is 0.0606 e. The fourth-order valence-electron chi connectivity index (χ4n) is 1.83. The van der Waals surface area contributed by atoms with Gasteiger partial charge in [-0.1, -0.05) is 6.07 Å². The van der Waals surface area contributed by atoms with Crippen LogP contribution in [0.1, 0.15) is 19.4 Å². The summed E-state index contributed by atoms with van der Waals surface area (Å²) < 4.78 is 0. The molecule has 1 aromatic carbocycles. The van der Waals surface area contributed by atoms with Gasteiger partial charge in [0.25, 0.3) is 0 Å². The Kier molecular flexibility index (Phi) is 4.01. The van der Waals surface area contributed by atoms with Crippen molar-refractivity contribution in [2.75, 3.05) is 37.0 Å². The smallest absolute Gasteiger partial charge is 0.0606 e. The second kappa shape index (κ2) is 5.06. The lowest BCUT2D eigenvalue weighted by Gasteiger charge is -2.27. The summed E-state index contributed by atoms with van der Waals surface area (Å²) >= 11 is 0. The highest BCUT2D eigenvalue weighted by atomic mass is 15.2. The molecule has 0 radical (unpaired) electrons. The van der Waals surface area contributed by atoms with E-state index in [2.05, 4.69) is 62.9 Å². The van der Waals surface area contributed by atoms with Gasteiger partial charge in [0.2, 0.25) is 0 Å². The molecule has 1 aromatic rings. The van der Waals surface area contributed by atoms with Crippen LogP contribution in [0.4, 0.5) is 11.4 Å². The second-order valence-corrected chi connectivity index (χ2v) is 4.06. The lowest BCUT2D eigenvalue weighted by atomic mass is 10.1. The average molecular weight is 206 g/mol. The van der Waals surface area contributed by atoms with E-state index in [9.17, 15) is 0 Å². The van der Waals surface area contributed by atoms with E-state index < -0.39 is 0 Å². The van der Waals surface area contributed by atoms with Crippen molar-refractivity contribution in [2.45, 2.75) is 20.8 Å².